The molecule has 0 aromatic carbocycles. The summed E-state index contributed by atoms with van der Waals surface area (Å²) in [6, 6.07) is 0. The van der Waals surface area contributed by atoms with E-state index in [9.17, 15) is 0 Å². The van der Waals surface area contributed by atoms with Crippen LogP contribution in [-0.2, 0) is 14.2 Å². The van der Waals surface area contributed by atoms with Crippen molar-refractivity contribution < 1.29 is 14.2 Å². The summed E-state index contributed by atoms with van der Waals surface area (Å²) in [5.41, 5.74) is 0. The third-order valence-corrected chi connectivity index (χ3v) is 3.78. The molecule has 1 heterocycles. The van der Waals surface area contributed by atoms with E-state index in [-0.39, 0.29) is 0 Å². The van der Waals surface area contributed by atoms with Gasteiger partial charge in [0.1, 0.15) is 0 Å². The van der Waals surface area contributed by atoms with Crippen LogP contribution in [0.1, 0.15) is 19.8 Å². The van der Waals surface area contributed by atoms with Crippen LogP contribution in [0.25, 0.3) is 0 Å². The maximum absolute atomic E-state index is 5.62. The second kappa shape index (κ2) is 12.5. The van der Waals surface area contributed by atoms with Crippen molar-refractivity contribution in [3.63, 3.8) is 0 Å². The molecule has 1 N–H and O–H groups in total. The lowest BCUT2D eigenvalue weighted by atomic mass is 9.97. The number of ether oxygens (including phenoxy) is 3. The van der Waals surface area contributed by atoms with E-state index < -0.39 is 0 Å². The quantitative estimate of drug-likeness (QED) is 0.543. The van der Waals surface area contributed by atoms with Crippen LogP contribution in [0.15, 0.2) is 0 Å². The Balaban J connectivity index is 1.94. The van der Waals surface area contributed by atoms with Gasteiger partial charge in [-0.1, -0.05) is 6.92 Å². The average molecular weight is 288 g/mol. The predicted octanol–water partition coefficient (Wildman–Crippen LogP) is 0.988. The van der Waals surface area contributed by atoms with Crippen LogP contribution in [0.5, 0.6) is 0 Å². The molecule has 0 amide bonds. The summed E-state index contributed by atoms with van der Waals surface area (Å²) in [6.07, 6.45) is 2.62. The monoisotopic (exact) mass is 288 g/mol. The Morgan fingerprint density at radius 1 is 1.00 bits per heavy atom. The second-order valence-electron chi connectivity index (χ2n) is 5.30. The molecule has 0 aliphatic carbocycles. The molecule has 0 bridgehead atoms. The first kappa shape index (κ1) is 17.9. The third kappa shape index (κ3) is 8.87. The fraction of sp³-hybridized carbons (Fsp3) is 1.00. The maximum Gasteiger partial charge on any atom is 0.0701 e. The summed E-state index contributed by atoms with van der Waals surface area (Å²) in [4.78, 5) is 2.50. The number of piperidine rings is 1. The highest BCUT2D eigenvalue weighted by Gasteiger charge is 2.15. The van der Waals surface area contributed by atoms with Gasteiger partial charge in [-0.15, -0.1) is 0 Å². The lowest BCUT2D eigenvalue weighted by molar-refractivity contribution is 0.0186. The fourth-order valence-electron chi connectivity index (χ4n) is 2.47. The molecule has 0 saturated carbocycles. The van der Waals surface area contributed by atoms with Gasteiger partial charge in [0.2, 0.25) is 0 Å². The van der Waals surface area contributed by atoms with Crippen molar-refractivity contribution in [2.45, 2.75) is 19.8 Å². The van der Waals surface area contributed by atoms with Gasteiger partial charge in [-0.3, -0.25) is 0 Å². The van der Waals surface area contributed by atoms with Gasteiger partial charge in [0.15, 0.2) is 0 Å². The van der Waals surface area contributed by atoms with Crippen LogP contribution in [0.2, 0.25) is 0 Å². The second-order valence-corrected chi connectivity index (χ2v) is 5.30. The SMILES string of the molecule is CCN(CCOCCOCCOC)CC1CCNCC1. The lowest BCUT2D eigenvalue weighted by Gasteiger charge is -2.29. The van der Waals surface area contributed by atoms with Crippen LogP contribution in [0.3, 0.4) is 0 Å². The largest absolute Gasteiger partial charge is 0.382 e. The Morgan fingerprint density at radius 3 is 2.30 bits per heavy atom. The first-order valence-electron chi connectivity index (χ1n) is 7.94. The first-order valence-corrected chi connectivity index (χ1v) is 7.94. The molecule has 1 aliphatic rings. The van der Waals surface area contributed by atoms with E-state index in [1.165, 1.54) is 32.5 Å². The topological polar surface area (TPSA) is 43.0 Å². The third-order valence-electron chi connectivity index (χ3n) is 3.78. The standard InChI is InChI=1S/C15H32N2O3/c1-3-17(14-15-4-6-16-7-5-15)8-9-19-12-13-20-11-10-18-2/h15-16H,3-14H2,1-2H3. The average Bonchev–Trinajstić information content (AvgIpc) is 2.49. The summed E-state index contributed by atoms with van der Waals surface area (Å²) in [5.74, 6) is 0.855. The highest BCUT2D eigenvalue weighted by Crippen LogP contribution is 2.13. The molecule has 0 unspecified atom stereocenters. The molecular weight excluding hydrogens is 256 g/mol. The lowest BCUT2D eigenvalue weighted by Crippen LogP contribution is -2.37. The van der Waals surface area contributed by atoms with Crippen molar-refractivity contribution in [3.8, 4) is 0 Å². The highest BCUT2D eigenvalue weighted by atomic mass is 16.5. The zero-order chi connectivity index (χ0) is 14.5. The van der Waals surface area contributed by atoms with E-state index >= 15 is 0 Å². The number of rotatable bonds is 12. The number of nitrogens with zero attached hydrogens (tertiary/aromatic N) is 1. The van der Waals surface area contributed by atoms with Gasteiger partial charge >= 0.3 is 0 Å². The van der Waals surface area contributed by atoms with Crippen molar-refractivity contribution >= 4 is 0 Å². The van der Waals surface area contributed by atoms with Crippen molar-refractivity contribution in [3.05, 3.63) is 0 Å². The van der Waals surface area contributed by atoms with Crippen molar-refractivity contribution in [2.75, 3.05) is 72.9 Å². The van der Waals surface area contributed by atoms with Crippen LogP contribution >= 0.6 is 0 Å². The molecule has 0 aromatic rings. The molecule has 0 aromatic heterocycles. The summed E-state index contributed by atoms with van der Waals surface area (Å²) >= 11 is 0. The normalized spacial score (nSPS) is 16.9. The van der Waals surface area contributed by atoms with Gasteiger partial charge < -0.3 is 24.4 Å². The molecule has 0 spiro atoms. The molecule has 0 radical (unpaired) electrons. The van der Waals surface area contributed by atoms with Crippen LogP contribution in [0, 0.1) is 5.92 Å². The van der Waals surface area contributed by atoms with Gasteiger partial charge in [0.05, 0.1) is 33.0 Å². The van der Waals surface area contributed by atoms with E-state index in [0.717, 1.165) is 25.6 Å². The summed E-state index contributed by atoms with van der Waals surface area (Å²) < 4.78 is 15.9. The number of nitrogens with one attached hydrogen (secondary N) is 1. The van der Waals surface area contributed by atoms with E-state index in [0.29, 0.717) is 26.4 Å². The molecule has 5 nitrogen and oxygen atoms in total. The summed E-state index contributed by atoms with van der Waals surface area (Å²) in [6.45, 7) is 11.4. The Bertz CT molecular complexity index is 211. The zero-order valence-corrected chi connectivity index (χ0v) is 13.2. The Morgan fingerprint density at radius 2 is 1.65 bits per heavy atom. The van der Waals surface area contributed by atoms with Crippen LogP contribution in [-0.4, -0.2) is 77.8 Å². The maximum atomic E-state index is 5.62. The Labute approximate surface area is 123 Å². The van der Waals surface area contributed by atoms with Crippen molar-refractivity contribution in [1.29, 1.82) is 0 Å². The van der Waals surface area contributed by atoms with Crippen molar-refractivity contribution in [2.24, 2.45) is 5.92 Å². The Hall–Kier alpha value is -0.200. The van der Waals surface area contributed by atoms with Gasteiger partial charge in [-0.2, -0.15) is 0 Å². The van der Waals surface area contributed by atoms with E-state index in [1.54, 1.807) is 7.11 Å². The molecule has 20 heavy (non-hydrogen) atoms. The molecule has 5 heteroatoms. The van der Waals surface area contributed by atoms with Crippen molar-refractivity contribution in [1.82, 2.24) is 10.2 Å². The van der Waals surface area contributed by atoms with Gasteiger partial charge in [0, 0.05) is 20.2 Å². The Kier molecular flexibility index (Phi) is 11.2. The van der Waals surface area contributed by atoms with Gasteiger partial charge in [-0.05, 0) is 38.4 Å². The van der Waals surface area contributed by atoms with Gasteiger partial charge in [-0.25, -0.2) is 0 Å². The van der Waals surface area contributed by atoms with E-state index in [2.05, 4.69) is 17.1 Å². The molecule has 1 fully saturated rings. The number of methoxy groups -OCH3 is 1. The molecule has 1 rings (SSSR count). The summed E-state index contributed by atoms with van der Waals surface area (Å²) in [7, 11) is 1.68. The van der Waals surface area contributed by atoms with E-state index in [1.807, 2.05) is 0 Å². The first-order chi connectivity index (χ1) is 9.86. The molecule has 120 valence electrons. The molecule has 0 atom stereocenters. The highest BCUT2D eigenvalue weighted by molar-refractivity contribution is 4.72. The predicted molar refractivity (Wildman–Crippen MR) is 81.2 cm³/mol. The number of hydrogen-bond donors (Lipinski definition) is 1. The summed E-state index contributed by atoms with van der Waals surface area (Å²) in [5, 5.41) is 3.42. The minimum Gasteiger partial charge on any atom is -0.382 e. The molecular formula is C15H32N2O3. The van der Waals surface area contributed by atoms with E-state index in [4.69, 9.17) is 14.2 Å². The molecule has 1 aliphatic heterocycles. The number of hydrogen-bond acceptors (Lipinski definition) is 5. The zero-order valence-electron chi connectivity index (χ0n) is 13.2. The van der Waals surface area contributed by atoms with Crippen LogP contribution in [0.4, 0.5) is 0 Å². The number of likely N-dealkylation sites (N-methyl/N-ethyl adjacent to an activating group) is 1. The van der Waals surface area contributed by atoms with Crippen LogP contribution < -0.4 is 5.32 Å². The fourth-order valence-corrected chi connectivity index (χ4v) is 2.47. The minimum absolute atomic E-state index is 0.649. The minimum atomic E-state index is 0.649. The molecule has 1 saturated heterocycles. The smallest absolute Gasteiger partial charge is 0.0701 e. The van der Waals surface area contributed by atoms with Gasteiger partial charge in [0.25, 0.3) is 0 Å².